The lowest BCUT2D eigenvalue weighted by molar-refractivity contribution is -0.145. The van der Waals surface area contributed by atoms with Gasteiger partial charge < -0.3 is 5.11 Å². The molecule has 0 aromatic heterocycles. The molecule has 0 unspecified atom stereocenters. The zero-order chi connectivity index (χ0) is 9.84. The Kier molecular flexibility index (Phi) is 2.85. The summed E-state index contributed by atoms with van der Waals surface area (Å²) in [7, 11) is 0. The van der Waals surface area contributed by atoms with Crippen LogP contribution in [0.15, 0.2) is 0 Å². The third-order valence-electron chi connectivity index (χ3n) is 2.35. The zero-order valence-electron chi connectivity index (χ0n) is 6.99. The molecule has 0 spiro atoms. The van der Waals surface area contributed by atoms with Gasteiger partial charge in [0.05, 0.1) is 11.8 Å². The smallest absolute Gasteiger partial charge is 0.307 e. The lowest BCUT2D eigenvalue weighted by Crippen LogP contribution is -2.32. The Hall–Kier alpha value is -1.57. The number of aliphatic carboxylic acids is 1. The van der Waals surface area contributed by atoms with E-state index in [4.69, 9.17) is 10.4 Å². The molecular formula is C8H10N2O3. The summed E-state index contributed by atoms with van der Waals surface area (Å²) in [5.41, 5.74) is 0. The van der Waals surface area contributed by atoms with Crippen LogP contribution in [0.2, 0.25) is 0 Å². The monoisotopic (exact) mass is 182 g/mol. The van der Waals surface area contributed by atoms with E-state index in [1.54, 1.807) is 0 Å². The zero-order valence-corrected chi connectivity index (χ0v) is 6.99. The van der Waals surface area contributed by atoms with Crippen molar-refractivity contribution in [2.24, 2.45) is 11.8 Å². The molecule has 1 aliphatic rings. The van der Waals surface area contributed by atoms with E-state index < -0.39 is 23.7 Å². The number of rotatable bonds is 2. The molecule has 5 heteroatoms. The largest absolute Gasteiger partial charge is 0.481 e. The summed E-state index contributed by atoms with van der Waals surface area (Å²) >= 11 is 0. The van der Waals surface area contributed by atoms with Gasteiger partial charge >= 0.3 is 5.97 Å². The molecule has 1 aliphatic carbocycles. The number of nitrogens with zero attached hydrogens (tertiary/aromatic N) is 1. The number of nitrogens with one attached hydrogen (secondary N) is 1. The number of carboxylic acid groups (broad SMARTS) is 1. The minimum atomic E-state index is -0.949. The molecule has 13 heavy (non-hydrogen) atoms. The van der Waals surface area contributed by atoms with E-state index >= 15 is 0 Å². The van der Waals surface area contributed by atoms with Crippen LogP contribution in [0.25, 0.3) is 0 Å². The van der Waals surface area contributed by atoms with Gasteiger partial charge in [0.25, 0.3) is 0 Å². The molecule has 0 saturated heterocycles. The van der Waals surface area contributed by atoms with Crippen molar-refractivity contribution in [3.8, 4) is 6.19 Å². The number of nitriles is 1. The highest BCUT2D eigenvalue weighted by Crippen LogP contribution is 2.31. The Morgan fingerprint density at radius 1 is 1.38 bits per heavy atom. The lowest BCUT2D eigenvalue weighted by atomic mass is 9.95. The van der Waals surface area contributed by atoms with E-state index in [9.17, 15) is 9.59 Å². The molecule has 1 amide bonds. The van der Waals surface area contributed by atoms with Crippen LogP contribution in [-0.2, 0) is 9.59 Å². The van der Waals surface area contributed by atoms with Crippen molar-refractivity contribution in [3.05, 3.63) is 0 Å². The van der Waals surface area contributed by atoms with Crippen LogP contribution >= 0.6 is 0 Å². The van der Waals surface area contributed by atoms with Gasteiger partial charge in [0, 0.05) is 0 Å². The maximum absolute atomic E-state index is 11.2. The SMILES string of the molecule is N#CNC(=O)[C@@H]1CCC[C@@H]1C(=O)O. The number of hydrogen-bond acceptors (Lipinski definition) is 3. The van der Waals surface area contributed by atoms with Crippen LogP contribution < -0.4 is 5.32 Å². The maximum Gasteiger partial charge on any atom is 0.307 e. The highest BCUT2D eigenvalue weighted by atomic mass is 16.4. The van der Waals surface area contributed by atoms with Gasteiger partial charge in [-0.2, -0.15) is 5.26 Å². The average molecular weight is 182 g/mol. The van der Waals surface area contributed by atoms with Crippen molar-refractivity contribution in [1.29, 1.82) is 5.26 Å². The Morgan fingerprint density at radius 3 is 2.54 bits per heavy atom. The Bertz CT molecular complexity index is 269. The third-order valence-corrected chi connectivity index (χ3v) is 2.35. The second kappa shape index (κ2) is 3.90. The number of hydrogen-bond donors (Lipinski definition) is 2. The number of carboxylic acids is 1. The average Bonchev–Trinajstić information content (AvgIpc) is 2.52. The molecule has 2 N–H and O–H groups in total. The van der Waals surface area contributed by atoms with Crippen molar-refractivity contribution < 1.29 is 14.7 Å². The Morgan fingerprint density at radius 2 is 2.00 bits per heavy atom. The first-order valence-corrected chi connectivity index (χ1v) is 4.08. The highest BCUT2D eigenvalue weighted by Gasteiger charge is 2.37. The van der Waals surface area contributed by atoms with Crippen molar-refractivity contribution in [1.82, 2.24) is 5.32 Å². The van der Waals surface area contributed by atoms with Crippen LogP contribution in [0.5, 0.6) is 0 Å². The van der Waals surface area contributed by atoms with E-state index in [0.717, 1.165) is 6.42 Å². The van der Waals surface area contributed by atoms with Gasteiger partial charge in [-0.05, 0) is 12.8 Å². The first-order valence-electron chi connectivity index (χ1n) is 4.08. The lowest BCUT2D eigenvalue weighted by Gasteiger charge is -2.11. The number of carbonyl (C=O) groups is 2. The fraction of sp³-hybridized carbons (Fsp3) is 0.625. The van der Waals surface area contributed by atoms with Crippen molar-refractivity contribution in [2.75, 3.05) is 0 Å². The first-order chi connectivity index (χ1) is 6.16. The minimum absolute atomic E-state index is 0.465. The number of amides is 1. The van der Waals surface area contributed by atoms with Crippen molar-refractivity contribution in [3.63, 3.8) is 0 Å². The third kappa shape index (κ3) is 1.96. The van der Waals surface area contributed by atoms with Gasteiger partial charge in [0.1, 0.15) is 0 Å². The number of carbonyl (C=O) groups excluding carboxylic acids is 1. The van der Waals surface area contributed by atoms with Crippen LogP contribution in [-0.4, -0.2) is 17.0 Å². The quantitative estimate of drug-likeness (QED) is 0.467. The summed E-state index contributed by atoms with van der Waals surface area (Å²) in [5.74, 6) is -2.56. The Balaban J connectivity index is 2.64. The molecule has 0 radical (unpaired) electrons. The summed E-state index contributed by atoms with van der Waals surface area (Å²) in [6.07, 6.45) is 3.33. The normalized spacial score (nSPS) is 26.4. The standard InChI is InChI=1S/C8H10N2O3/c9-4-10-7(11)5-2-1-3-6(5)8(12)13/h5-6H,1-3H2,(H,10,11)(H,12,13)/t5-,6+/m1/s1. The van der Waals surface area contributed by atoms with E-state index in [2.05, 4.69) is 0 Å². The molecule has 0 aliphatic heterocycles. The summed E-state index contributed by atoms with van der Waals surface area (Å²) in [6, 6.07) is 0. The maximum atomic E-state index is 11.2. The predicted octanol–water partition coefficient (Wildman–Crippen LogP) is 0.0846. The van der Waals surface area contributed by atoms with E-state index in [1.807, 2.05) is 5.32 Å². The van der Waals surface area contributed by atoms with Crippen LogP contribution in [0, 0.1) is 23.3 Å². The van der Waals surface area contributed by atoms with Crippen LogP contribution in [0.1, 0.15) is 19.3 Å². The Labute approximate surface area is 75.3 Å². The summed E-state index contributed by atoms with van der Waals surface area (Å²) < 4.78 is 0. The van der Waals surface area contributed by atoms with Gasteiger partial charge in [-0.15, -0.1) is 0 Å². The molecule has 70 valence electrons. The predicted molar refractivity (Wildman–Crippen MR) is 42.2 cm³/mol. The van der Waals surface area contributed by atoms with E-state index in [0.29, 0.717) is 12.8 Å². The van der Waals surface area contributed by atoms with Crippen LogP contribution in [0.4, 0.5) is 0 Å². The second-order valence-electron chi connectivity index (χ2n) is 3.08. The fourth-order valence-electron chi connectivity index (χ4n) is 1.72. The van der Waals surface area contributed by atoms with Gasteiger partial charge in [0.15, 0.2) is 6.19 Å². The molecule has 1 rings (SSSR count). The molecule has 2 atom stereocenters. The first kappa shape index (κ1) is 9.52. The molecular weight excluding hydrogens is 172 g/mol. The van der Waals surface area contributed by atoms with Gasteiger partial charge in [-0.25, -0.2) is 0 Å². The van der Waals surface area contributed by atoms with Gasteiger partial charge in [0.2, 0.25) is 5.91 Å². The topological polar surface area (TPSA) is 90.2 Å². The van der Waals surface area contributed by atoms with E-state index in [1.165, 1.54) is 6.19 Å². The van der Waals surface area contributed by atoms with Gasteiger partial charge in [-0.1, -0.05) is 6.42 Å². The van der Waals surface area contributed by atoms with Gasteiger partial charge in [-0.3, -0.25) is 14.9 Å². The van der Waals surface area contributed by atoms with Crippen LogP contribution in [0.3, 0.4) is 0 Å². The molecule has 1 fully saturated rings. The fourth-order valence-corrected chi connectivity index (χ4v) is 1.72. The molecule has 0 bridgehead atoms. The molecule has 1 saturated carbocycles. The highest BCUT2D eigenvalue weighted by molar-refractivity contribution is 5.86. The second-order valence-corrected chi connectivity index (χ2v) is 3.08. The minimum Gasteiger partial charge on any atom is -0.481 e. The molecule has 0 heterocycles. The van der Waals surface area contributed by atoms with Crippen molar-refractivity contribution >= 4 is 11.9 Å². The summed E-state index contributed by atoms with van der Waals surface area (Å²) in [6.45, 7) is 0. The van der Waals surface area contributed by atoms with E-state index in [-0.39, 0.29) is 0 Å². The molecule has 0 aromatic carbocycles. The van der Waals surface area contributed by atoms with Crippen molar-refractivity contribution in [2.45, 2.75) is 19.3 Å². The summed E-state index contributed by atoms with van der Waals surface area (Å²) in [5, 5.41) is 18.9. The molecule has 0 aromatic rings. The molecule has 5 nitrogen and oxygen atoms in total. The summed E-state index contributed by atoms with van der Waals surface area (Å²) in [4.78, 5) is 21.8.